The SMILES string of the molecule is COc1ccc(C(=O)C(CC(C)C)=NO)cc1.COc1ccc(C(O)C(N)CC(C)C)cc1. The fraction of sp³-hybridized carbons (Fsp3) is 0.462. The zero-order valence-electron chi connectivity index (χ0n) is 20.5. The van der Waals surface area contributed by atoms with Gasteiger partial charge < -0.3 is 25.5 Å². The van der Waals surface area contributed by atoms with Crippen LogP contribution < -0.4 is 15.2 Å². The van der Waals surface area contributed by atoms with Crippen LogP contribution in [-0.4, -0.2) is 42.1 Å². The molecule has 0 saturated heterocycles. The van der Waals surface area contributed by atoms with Gasteiger partial charge in [-0.05, 0) is 66.6 Å². The van der Waals surface area contributed by atoms with Crippen molar-refractivity contribution in [2.75, 3.05) is 14.2 Å². The number of carbonyl (C=O) groups excluding carboxylic acids is 1. The van der Waals surface area contributed by atoms with E-state index in [0.29, 0.717) is 23.7 Å². The Labute approximate surface area is 197 Å². The molecule has 2 atom stereocenters. The van der Waals surface area contributed by atoms with E-state index < -0.39 is 6.10 Å². The number of hydrogen-bond donors (Lipinski definition) is 3. The molecular formula is C26H38N2O5. The Kier molecular flexibility index (Phi) is 12.2. The van der Waals surface area contributed by atoms with Crippen LogP contribution in [0, 0.1) is 11.8 Å². The predicted molar refractivity (Wildman–Crippen MR) is 131 cm³/mol. The second-order valence-corrected chi connectivity index (χ2v) is 8.71. The maximum Gasteiger partial charge on any atom is 0.210 e. The molecule has 0 radical (unpaired) electrons. The van der Waals surface area contributed by atoms with E-state index in [1.54, 1.807) is 38.5 Å². The van der Waals surface area contributed by atoms with Crippen LogP contribution in [0.2, 0.25) is 0 Å². The van der Waals surface area contributed by atoms with Gasteiger partial charge >= 0.3 is 0 Å². The number of nitrogens with two attached hydrogens (primary N) is 1. The summed E-state index contributed by atoms with van der Waals surface area (Å²) in [6.07, 6.45) is 0.669. The molecule has 0 heterocycles. The molecule has 0 bridgehead atoms. The van der Waals surface area contributed by atoms with Gasteiger partial charge in [-0.25, -0.2) is 0 Å². The lowest BCUT2D eigenvalue weighted by molar-refractivity contribution is 0.105. The van der Waals surface area contributed by atoms with Crippen LogP contribution in [0.3, 0.4) is 0 Å². The van der Waals surface area contributed by atoms with Crippen LogP contribution in [-0.2, 0) is 0 Å². The van der Waals surface area contributed by atoms with Crippen molar-refractivity contribution >= 4 is 11.5 Å². The molecule has 7 nitrogen and oxygen atoms in total. The zero-order chi connectivity index (χ0) is 25.0. The Morgan fingerprint density at radius 2 is 1.39 bits per heavy atom. The van der Waals surface area contributed by atoms with E-state index in [1.165, 1.54) is 0 Å². The van der Waals surface area contributed by atoms with Crippen LogP contribution in [0.5, 0.6) is 11.5 Å². The topological polar surface area (TPSA) is 114 Å². The quantitative estimate of drug-likeness (QED) is 0.203. The number of Topliss-reactive ketones (excluding diaryl/α,β-unsaturated/α-hetero) is 1. The summed E-state index contributed by atoms with van der Waals surface area (Å²) >= 11 is 0. The smallest absolute Gasteiger partial charge is 0.210 e. The number of methoxy groups -OCH3 is 2. The lowest BCUT2D eigenvalue weighted by Crippen LogP contribution is -2.29. The summed E-state index contributed by atoms with van der Waals surface area (Å²) in [5.41, 5.74) is 7.47. The van der Waals surface area contributed by atoms with Crippen molar-refractivity contribution in [2.24, 2.45) is 22.7 Å². The van der Waals surface area contributed by atoms with E-state index in [9.17, 15) is 9.90 Å². The second kappa shape index (κ2) is 14.3. The molecule has 0 amide bonds. The number of aliphatic hydroxyl groups is 1. The predicted octanol–water partition coefficient (Wildman–Crippen LogP) is 4.86. The van der Waals surface area contributed by atoms with E-state index >= 15 is 0 Å². The Balaban J connectivity index is 0.000000331. The first kappa shape index (κ1) is 28.1. The molecule has 2 aromatic carbocycles. The average Bonchev–Trinajstić information content (AvgIpc) is 2.81. The van der Waals surface area contributed by atoms with Gasteiger partial charge in [-0.2, -0.15) is 0 Å². The number of nitrogens with zero attached hydrogens (tertiary/aromatic N) is 1. The lowest BCUT2D eigenvalue weighted by Gasteiger charge is -2.21. The first-order valence-corrected chi connectivity index (χ1v) is 11.1. The van der Waals surface area contributed by atoms with Crippen molar-refractivity contribution in [3.05, 3.63) is 59.7 Å². The third-order valence-corrected chi connectivity index (χ3v) is 4.94. The standard InChI is InChI=1S/C13H17NO3.C13H21NO2/c1-9(2)8-12(14-16)13(15)10-4-6-11(17-3)7-5-10;1-9(2)8-12(14)13(15)10-4-6-11(16-3)7-5-10/h4-7,9,16H,8H2,1-3H3;4-7,9,12-13,15H,8,14H2,1-3H3. The minimum atomic E-state index is -0.603. The number of carbonyl (C=O) groups is 1. The van der Waals surface area contributed by atoms with Gasteiger partial charge in [0, 0.05) is 11.6 Å². The normalized spacial score (nSPS) is 13.2. The summed E-state index contributed by atoms with van der Waals surface area (Å²) in [5.74, 6) is 1.98. The van der Waals surface area contributed by atoms with Gasteiger partial charge in [-0.1, -0.05) is 45.0 Å². The van der Waals surface area contributed by atoms with Crippen molar-refractivity contribution < 1.29 is 24.6 Å². The van der Waals surface area contributed by atoms with Crippen molar-refractivity contribution in [3.63, 3.8) is 0 Å². The maximum atomic E-state index is 12.0. The Morgan fingerprint density at radius 1 is 0.909 bits per heavy atom. The maximum absolute atomic E-state index is 12.0. The van der Waals surface area contributed by atoms with E-state index in [-0.39, 0.29) is 23.5 Å². The number of aliphatic hydroxyl groups excluding tert-OH is 1. The average molecular weight is 459 g/mol. The molecule has 33 heavy (non-hydrogen) atoms. The highest BCUT2D eigenvalue weighted by molar-refractivity contribution is 6.45. The van der Waals surface area contributed by atoms with Gasteiger partial charge in [-0.15, -0.1) is 0 Å². The number of oxime groups is 1. The molecule has 2 aromatic rings. The summed E-state index contributed by atoms with van der Waals surface area (Å²) < 4.78 is 10.1. The highest BCUT2D eigenvalue weighted by Gasteiger charge is 2.18. The third kappa shape index (κ3) is 9.63. The van der Waals surface area contributed by atoms with E-state index in [1.807, 2.05) is 38.1 Å². The molecule has 2 rings (SSSR count). The summed E-state index contributed by atoms with van der Waals surface area (Å²) in [6.45, 7) is 8.13. The monoisotopic (exact) mass is 458 g/mol. The van der Waals surface area contributed by atoms with Crippen molar-refractivity contribution in [2.45, 2.75) is 52.7 Å². The van der Waals surface area contributed by atoms with Crippen LogP contribution in [0.1, 0.15) is 62.6 Å². The van der Waals surface area contributed by atoms with Crippen molar-refractivity contribution in [1.82, 2.24) is 0 Å². The molecule has 0 fully saturated rings. The Bertz CT molecular complexity index is 861. The van der Waals surface area contributed by atoms with Crippen LogP contribution >= 0.6 is 0 Å². The Morgan fingerprint density at radius 3 is 1.79 bits per heavy atom. The van der Waals surface area contributed by atoms with Crippen LogP contribution in [0.15, 0.2) is 53.7 Å². The molecule has 182 valence electrons. The molecular weight excluding hydrogens is 420 g/mol. The number of ketones is 1. The van der Waals surface area contributed by atoms with E-state index in [0.717, 1.165) is 17.7 Å². The molecule has 0 aliphatic rings. The van der Waals surface area contributed by atoms with Crippen LogP contribution in [0.25, 0.3) is 0 Å². The highest BCUT2D eigenvalue weighted by atomic mass is 16.5. The van der Waals surface area contributed by atoms with Gasteiger partial charge in [0.25, 0.3) is 0 Å². The number of rotatable bonds is 10. The van der Waals surface area contributed by atoms with Crippen LogP contribution in [0.4, 0.5) is 0 Å². The van der Waals surface area contributed by atoms with Crippen molar-refractivity contribution in [3.8, 4) is 11.5 Å². The largest absolute Gasteiger partial charge is 0.497 e. The molecule has 4 N–H and O–H groups in total. The number of benzene rings is 2. The van der Waals surface area contributed by atoms with Gasteiger partial charge in [-0.3, -0.25) is 4.79 Å². The highest BCUT2D eigenvalue weighted by Crippen LogP contribution is 2.22. The Hall–Kier alpha value is -2.90. The zero-order valence-corrected chi connectivity index (χ0v) is 20.5. The third-order valence-electron chi connectivity index (χ3n) is 4.94. The molecule has 0 aliphatic carbocycles. The number of hydrogen-bond acceptors (Lipinski definition) is 7. The van der Waals surface area contributed by atoms with E-state index in [4.69, 9.17) is 20.4 Å². The summed E-state index contributed by atoms with van der Waals surface area (Å²) in [7, 11) is 3.19. The first-order chi connectivity index (χ1) is 15.6. The van der Waals surface area contributed by atoms with E-state index in [2.05, 4.69) is 19.0 Å². The summed E-state index contributed by atoms with van der Waals surface area (Å²) in [6, 6.07) is 13.9. The van der Waals surface area contributed by atoms with Gasteiger partial charge in [0.15, 0.2) is 0 Å². The number of ether oxygens (including phenoxy) is 2. The first-order valence-electron chi connectivity index (χ1n) is 11.1. The van der Waals surface area contributed by atoms with Gasteiger partial charge in [0.05, 0.1) is 20.3 Å². The molecule has 0 saturated carbocycles. The minimum Gasteiger partial charge on any atom is -0.497 e. The van der Waals surface area contributed by atoms with Gasteiger partial charge in [0.2, 0.25) is 5.78 Å². The lowest BCUT2D eigenvalue weighted by atomic mass is 9.95. The molecule has 0 aromatic heterocycles. The summed E-state index contributed by atoms with van der Waals surface area (Å²) in [5, 5.41) is 22.0. The minimum absolute atomic E-state index is 0.185. The summed E-state index contributed by atoms with van der Waals surface area (Å²) in [4.78, 5) is 12.0. The molecule has 7 heteroatoms. The second-order valence-electron chi connectivity index (χ2n) is 8.71. The molecule has 0 aliphatic heterocycles. The molecule has 0 spiro atoms. The van der Waals surface area contributed by atoms with Gasteiger partial charge in [0.1, 0.15) is 17.2 Å². The molecule has 2 unspecified atom stereocenters. The fourth-order valence-corrected chi connectivity index (χ4v) is 3.20. The fourth-order valence-electron chi connectivity index (χ4n) is 3.20. The van der Waals surface area contributed by atoms with Crippen molar-refractivity contribution in [1.29, 1.82) is 0 Å².